The summed E-state index contributed by atoms with van der Waals surface area (Å²) in [6.07, 6.45) is 3.97. The van der Waals surface area contributed by atoms with Crippen LogP contribution < -0.4 is 15.6 Å². The topological polar surface area (TPSA) is 79.9 Å². The number of aromatic nitrogens is 3. The van der Waals surface area contributed by atoms with E-state index in [4.69, 9.17) is 4.74 Å². The third kappa shape index (κ3) is 5.86. The zero-order chi connectivity index (χ0) is 18.9. The molecule has 0 atom stereocenters. The minimum atomic E-state index is -0.121. The third-order valence-corrected chi connectivity index (χ3v) is 4.93. The Bertz CT molecular complexity index is 898. The number of nitrogens with zero attached hydrogens (tertiary/aromatic N) is 2. The Morgan fingerprint density at radius 1 is 1.15 bits per heavy atom. The zero-order valence-electron chi connectivity index (χ0n) is 15.1. The number of aromatic amines is 1. The van der Waals surface area contributed by atoms with Crippen molar-refractivity contribution in [1.82, 2.24) is 15.0 Å². The first-order valence-corrected chi connectivity index (χ1v) is 9.83. The van der Waals surface area contributed by atoms with Crippen LogP contribution in [0.3, 0.4) is 0 Å². The van der Waals surface area contributed by atoms with Gasteiger partial charge in [-0.25, -0.2) is 4.98 Å². The Balaban J connectivity index is 1.46. The Hall–Kier alpha value is -2.80. The van der Waals surface area contributed by atoms with Crippen molar-refractivity contribution >= 4 is 17.7 Å². The summed E-state index contributed by atoms with van der Waals surface area (Å²) in [5.74, 6) is 3.06. The van der Waals surface area contributed by atoms with Gasteiger partial charge in [-0.2, -0.15) is 11.8 Å². The number of anilines is 1. The van der Waals surface area contributed by atoms with Gasteiger partial charge in [-0.05, 0) is 29.8 Å². The van der Waals surface area contributed by atoms with Gasteiger partial charge in [0.1, 0.15) is 5.75 Å². The van der Waals surface area contributed by atoms with Crippen LogP contribution in [0.15, 0.2) is 59.7 Å². The lowest BCUT2D eigenvalue weighted by atomic mass is 10.1. The molecule has 0 aliphatic carbocycles. The summed E-state index contributed by atoms with van der Waals surface area (Å²) in [6, 6.07) is 13.6. The Morgan fingerprint density at radius 3 is 2.70 bits per heavy atom. The molecular formula is C20H22N4O2S. The fourth-order valence-electron chi connectivity index (χ4n) is 2.50. The summed E-state index contributed by atoms with van der Waals surface area (Å²) in [5.41, 5.74) is 2.62. The van der Waals surface area contributed by atoms with Gasteiger partial charge in [0.05, 0.1) is 12.8 Å². The minimum Gasteiger partial charge on any atom is -0.497 e. The lowest BCUT2D eigenvalue weighted by Crippen LogP contribution is -2.18. The second-order valence-corrected chi connectivity index (χ2v) is 7.02. The van der Waals surface area contributed by atoms with Gasteiger partial charge >= 0.3 is 0 Å². The van der Waals surface area contributed by atoms with Gasteiger partial charge < -0.3 is 10.1 Å². The van der Waals surface area contributed by atoms with Gasteiger partial charge in [-0.3, -0.25) is 14.8 Å². The highest BCUT2D eigenvalue weighted by Crippen LogP contribution is 2.13. The average molecular weight is 382 g/mol. The van der Waals surface area contributed by atoms with Crippen molar-refractivity contribution in [3.8, 4) is 5.75 Å². The van der Waals surface area contributed by atoms with E-state index in [-0.39, 0.29) is 5.56 Å². The number of hydrogen-bond acceptors (Lipinski definition) is 6. The van der Waals surface area contributed by atoms with E-state index in [1.165, 1.54) is 0 Å². The maximum absolute atomic E-state index is 12.3. The zero-order valence-corrected chi connectivity index (χ0v) is 16.0. The molecule has 0 amide bonds. The molecule has 0 aliphatic rings. The van der Waals surface area contributed by atoms with Gasteiger partial charge in [0.15, 0.2) is 0 Å². The van der Waals surface area contributed by atoms with Crippen molar-refractivity contribution in [1.29, 1.82) is 0 Å². The highest BCUT2D eigenvalue weighted by molar-refractivity contribution is 7.98. The van der Waals surface area contributed by atoms with E-state index in [0.29, 0.717) is 17.9 Å². The fraction of sp³-hybridized carbons (Fsp3) is 0.250. The molecule has 0 saturated carbocycles. The van der Waals surface area contributed by atoms with Gasteiger partial charge in [-0.15, -0.1) is 0 Å². The van der Waals surface area contributed by atoms with Gasteiger partial charge in [-0.1, -0.05) is 18.2 Å². The Kier molecular flexibility index (Phi) is 6.87. The monoisotopic (exact) mass is 382 g/mol. The molecule has 0 radical (unpaired) electrons. The van der Waals surface area contributed by atoms with E-state index in [0.717, 1.165) is 35.1 Å². The largest absolute Gasteiger partial charge is 0.497 e. The maximum atomic E-state index is 12.3. The Morgan fingerprint density at radius 2 is 2.00 bits per heavy atom. The maximum Gasteiger partial charge on any atom is 0.255 e. The summed E-state index contributed by atoms with van der Waals surface area (Å²) < 4.78 is 5.15. The van der Waals surface area contributed by atoms with E-state index >= 15 is 0 Å². The first-order valence-electron chi connectivity index (χ1n) is 8.67. The van der Waals surface area contributed by atoms with E-state index in [1.807, 2.05) is 42.5 Å². The van der Waals surface area contributed by atoms with Crippen molar-refractivity contribution < 1.29 is 4.74 Å². The number of benzene rings is 1. The summed E-state index contributed by atoms with van der Waals surface area (Å²) in [4.78, 5) is 23.7. The lowest BCUT2D eigenvalue weighted by molar-refractivity contribution is 0.414. The molecule has 0 aliphatic heterocycles. The lowest BCUT2D eigenvalue weighted by Gasteiger charge is -2.07. The van der Waals surface area contributed by atoms with Crippen LogP contribution in [-0.2, 0) is 12.2 Å². The molecule has 2 N–H and O–H groups in total. The van der Waals surface area contributed by atoms with Crippen LogP contribution in [0, 0.1) is 0 Å². The van der Waals surface area contributed by atoms with E-state index < -0.39 is 0 Å². The number of nitrogens with one attached hydrogen (secondary N) is 2. The molecule has 3 aromatic rings. The normalized spacial score (nSPS) is 10.6. The van der Waals surface area contributed by atoms with Crippen molar-refractivity contribution in [2.75, 3.05) is 24.7 Å². The van der Waals surface area contributed by atoms with E-state index in [9.17, 15) is 4.79 Å². The quantitative estimate of drug-likeness (QED) is 0.554. The SMILES string of the molecule is COc1ccc(Cc2cnc(NCCSCc3ccccn3)[nH]c2=O)cc1. The second kappa shape index (κ2) is 9.78. The molecular weight excluding hydrogens is 360 g/mol. The van der Waals surface area contributed by atoms with Gasteiger partial charge in [0.2, 0.25) is 5.95 Å². The second-order valence-electron chi connectivity index (χ2n) is 5.91. The molecule has 2 heterocycles. The Labute approximate surface area is 162 Å². The van der Waals surface area contributed by atoms with Crippen LogP contribution in [0.5, 0.6) is 5.75 Å². The third-order valence-electron chi connectivity index (χ3n) is 3.94. The van der Waals surface area contributed by atoms with Crippen molar-refractivity contribution in [3.05, 3.63) is 82.0 Å². The number of pyridine rings is 1. The van der Waals surface area contributed by atoms with Crippen LogP contribution in [0.1, 0.15) is 16.8 Å². The van der Waals surface area contributed by atoms with Gasteiger partial charge in [0.25, 0.3) is 5.56 Å². The van der Waals surface area contributed by atoms with E-state index in [2.05, 4.69) is 20.3 Å². The minimum absolute atomic E-state index is 0.121. The molecule has 6 nitrogen and oxygen atoms in total. The molecule has 140 valence electrons. The summed E-state index contributed by atoms with van der Waals surface area (Å²) >= 11 is 1.78. The first kappa shape index (κ1) is 19.0. The molecule has 7 heteroatoms. The van der Waals surface area contributed by atoms with Crippen LogP contribution in [0.4, 0.5) is 5.95 Å². The molecule has 0 bridgehead atoms. The van der Waals surface area contributed by atoms with Gasteiger partial charge in [0, 0.05) is 42.4 Å². The molecule has 27 heavy (non-hydrogen) atoms. The number of rotatable bonds is 9. The number of hydrogen-bond donors (Lipinski definition) is 2. The molecule has 0 spiro atoms. The molecule has 0 unspecified atom stereocenters. The molecule has 0 fully saturated rings. The highest BCUT2D eigenvalue weighted by atomic mass is 32.2. The van der Waals surface area contributed by atoms with Crippen molar-refractivity contribution in [2.45, 2.75) is 12.2 Å². The number of ether oxygens (including phenoxy) is 1. The summed E-state index contributed by atoms with van der Waals surface area (Å²) in [6.45, 7) is 0.721. The van der Waals surface area contributed by atoms with Crippen LogP contribution in [-0.4, -0.2) is 34.4 Å². The number of methoxy groups -OCH3 is 1. The molecule has 1 aromatic carbocycles. The fourth-order valence-corrected chi connectivity index (χ4v) is 3.27. The highest BCUT2D eigenvalue weighted by Gasteiger charge is 2.05. The summed E-state index contributed by atoms with van der Waals surface area (Å²) in [5, 5.41) is 3.15. The predicted octanol–water partition coefficient (Wildman–Crippen LogP) is 3.11. The number of H-pyrrole nitrogens is 1. The number of thioether (sulfide) groups is 1. The standard InChI is InChI=1S/C20H22N4O2S/c1-26-18-7-5-15(6-8-18)12-16-13-23-20(24-19(16)25)22-10-11-27-14-17-4-2-3-9-21-17/h2-9,13H,10-12,14H2,1H3,(H2,22,23,24,25). The van der Waals surface area contributed by atoms with Crippen molar-refractivity contribution in [3.63, 3.8) is 0 Å². The van der Waals surface area contributed by atoms with Crippen LogP contribution in [0.25, 0.3) is 0 Å². The van der Waals surface area contributed by atoms with Crippen LogP contribution in [0.2, 0.25) is 0 Å². The predicted molar refractivity (Wildman–Crippen MR) is 110 cm³/mol. The van der Waals surface area contributed by atoms with E-state index in [1.54, 1.807) is 31.3 Å². The smallest absolute Gasteiger partial charge is 0.255 e. The average Bonchev–Trinajstić information content (AvgIpc) is 2.71. The van der Waals surface area contributed by atoms with Crippen molar-refractivity contribution in [2.24, 2.45) is 0 Å². The first-order chi connectivity index (χ1) is 13.2. The molecule has 0 saturated heterocycles. The molecule has 2 aromatic heterocycles. The molecule has 3 rings (SSSR count). The summed E-state index contributed by atoms with van der Waals surface area (Å²) in [7, 11) is 1.63. The van der Waals surface area contributed by atoms with Crippen LogP contribution >= 0.6 is 11.8 Å².